The Morgan fingerprint density at radius 1 is 1.64 bits per heavy atom. The van der Waals surface area contributed by atoms with Crippen molar-refractivity contribution in [3.8, 4) is 0 Å². The number of aryl methyl sites for hydroxylation is 1. The molecule has 0 saturated carbocycles. The molecule has 0 aromatic carbocycles. The summed E-state index contributed by atoms with van der Waals surface area (Å²) in [7, 11) is 0. The molecule has 0 amide bonds. The molecule has 14 heavy (non-hydrogen) atoms. The number of β-amino-alcohol motifs (C(OH)–C–C–N with tert-alkyl or cyclic N) is 1. The molecule has 1 aromatic heterocycles. The van der Waals surface area contributed by atoms with Gasteiger partial charge in [0.15, 0.2) is 5.82 Å². The zero-order valence-corrected chi connectivity index (χ0v) is 8.23. The van der Waals surface area contributed by atoms with Gasteiger partial charge in [-0.1, -0.05) is 12.1 Å². The first-order chi connectivity index (χ1) is 6.79. The maximum absolute atomic E-state index is 9.32. The van der Waals surface area contributed by atoms with Gasteiger partial charge >= 0.3 is 0 Å². The minimum atomic E-state index is -0.290. The van der Waals surface area contributed by atoms with Crippen LogP contribution in [0.4, 0.5) is 0 Å². The van der Waals surface area contributed by atoms with Gasteiger partial charge in [0.2, 0.25) is 5.89 Å². The zero-order chi connectivity index (χ0) is 9.97. The van der Waals surface area contributed by atoms with Crippen molar-refractivity contribution in [2.45, 2.75) is 38.3 Å². The topological polar surface area (TPSA) is 71.2 Å². The Morgan fingerprint density at radius 2 is 2.50 bits per heavy atom. The van der Waals surface area contributed by atoms with Gasteiger partial charge in [0.25, 0.3) is 0 Å². The van der Waals surface area contributed by atoms with Gasteiger partial charge in [0.1, 0.15) is 0 Å². The molecule has 5 heteroatoms. The van der Waals surface area contributed by atoms with Gasteiger partial charge in [0.05, 0.1) is 12.1 Å². The van der Waals surface area contributed by atoms with Gasteiger partial charge in [-0.15, -0.1) is 0 Å². The average molecular weight is 197 g/mol. The third kappa shape index (κ3) is 1.93. The largest absolute Gasteiger partial charge is 0.392 e. The van der Waals surface area contributed by atoms with Gasteiger partial charge in [0, 0.05) is 13.0 Å². The van der Waals surface area contributed by atoms with Crippen molar-refractivity contribution in [1.29, 1.82) is 0 Å². The first-order valence-electron chi connectivity index (χ1n) is 5.03. The number of nitrogens with one attached hydrogen (secondary N) is 1. The first kappa shape index (κ1) is 9.61. The molecule has 2 N–H and O–H groups in total. The molecule has 1 saturated heterocycles. The number of hydrogen-bond acceptors (Lipinski definition) is 5. The van der Waals surface area contributed by atoms with Crippen LogP contribution in [-0.2, 0) is 6.42 Å². The summed E-state index contributed by atoms with van der Waals surface area (Å²) < 4.78 is 5.11. The molecule has 1 aliphatic rings. The Kier molecular flexibility index (Phi) is 2.79. The van der Waals surface area contributed by atoms with Crippen molar-refractivity contribution in [3.05, 3.63) is 11.7 Å². The van der Waals surface area contributed by atoms with E-state index in [1.807, 2.05) is 0 Å². The van der Waals surface area contributed by atoms with E-state index in [0.717, 1.165) is 18.7 Å². The van der Waals surface area contributed by atoms with E-state index in [4.69, 9.17) is 4.52 Å². The van der Waals surface area contributed by atoms with Crippen molar-refractivity contribution < 1.29 is 9.63 Å². The third-order valence-electron chi connectivity index (χ3n) is 2.36. The Labute approximate surface area is 82.5 Å². The molecule has 1 aliphatic heterocycles. The lowest BCUT2D eigenvalue weighted by Gasteiger charge is -2.01. The van der Waals surface area contributed by atoms with Crippen LogP contribution in [0.2, 0.25) is 0 Å². The molecule has 0 aliphatic carbocycles. The Bertz CT molecular complexity index is 300. The van der Waals surface area contributed by atoms with Crippen LogP contribution in [0.3, 0.4) is 0 Å². The number of aromatic nitrogens is 2. The van der Waals surface area contributed by atoms with E-state index in [-0.39, 0.29) is 12.1 Å². The highest BCUT2D eigenvalue weighted by atomic mass is 16.5. The number of nitrogens with zero attached hydrogens (tertiary/aromatic N) is 2. The van der Waals surface area contributed by atoms with Gasteiger partial charge in [-0.25, -0.2) is 0 Å². The molecule has 2 heterocycles. The van der Waals surface area contributed by atoms with Crippen LogP contribution in [-0.4, -0.2) is 27.9 Å². The lowest BCUT2D eigenvalue weighted by atomic mass is 10.2. The van der Waals surface area contributed by atoms with Crippen LogP contribution >= 0.6 is 0 Å². The molecule has 1 fully saturated rings. The van der Waals surface area contributed by atoms with Crippen molar-refractivity contribution in [1.82, 2.24) is 15.5 Å². The van der Waals surface area contributed by atoms with Crippen LogP contribution in [0.1, 0.15) is 37.5 Å². The highest BCUT2D eigenvalue weighted by Crippen LogP contribution is 2.21. The van der Waals surface area contributed by atoms with Crippen LogP contribution in [0.15, 0.2) is 4.52 Å². The molecule has 1 unspecified atom stereocenters. The van der Waals surface area contributed by atoms with E-state index in [2.05, 4.69) is 22.4 Å². The van der Waals surface area contributed by atoms with Gasteiger partial charge in [-0.3, -0.25) is 0 Å². The Hall–Kier alpha value is -0.940. The summed E-state index contributed by atoms with van der Waals surface area (Å²) >= 11 is 0. The average Bonchev–Trinajstić information content (AvgIpc) is 2.74. The van der Waals surface area contributed by atoms with Gasteiger partial charge < -0.3 is 14.9 Å². The second-order valence-corrected chi connectivity index (χ2v) is 3.65. The second kappa shape index (κ2) is 4.06. The fraction of sp³-hybridized carbons (Fsp3) is 0.778. The number of rotatable bonds is 3. The lowest BCUT2D eigenvalue weighted by molar-refractivity contribution is 0.191. The molecule has 0 spiro atoms. The second-order valence-electron chi connectivity index (χ2n) is 3.65. The quantitative estimate of drug-likeness (QED) is 0.734. The van der Waals surface area contributed by atoms with E-state index >= 15 is 0 Å². The van der Waals surface area contributed by atoms with E-state index in [1.54, 1.807) is 0 Å². The molecule has 1 aromatic rings. The van der Waals surface area contributed by atoms with Gasteiger partial charge in [-0.05, 0) is 12.8 Å². The van der Waals surface area contributed by atoms with E-state index in [0.29, 0.717) is 18.9 Å². The van der Waals surface area contributed by atoms with Crippen molar-refractivity contribution in [2.24, 2.45) is 0 Å². The molecular formula is C9H15N3O2. The summed E-state index contributed by atoms with van der Waals surface area (Å²) in [5.41, 5.74) is 0. The minimum absolute atomic E-state index is 0.0307. The maximum atomic E-state index is 9.32. The predicted molar refractivity (Wildman–Crippen MR) is 49.7 cm³/mol. The van der Waals surface area contributed by atoms with Crippen molar-refractivity contribution >= 4 is 0 Å². The number of hydrogen-bond donors (Lipinski definition) is 2. The van der Waals surface area contributed by atoms with Crippen LogP contribution in [0.25, 0.3) is 0 Å². The highest BCUT2D eigenvalue weighted by Gasteiger charge is 2.27. The Balaban J connectivity index is 2.02. The molecule has 0 radical (unpaired) electrons. The van der Waals surface area contributed by atoms with Crippen molar-refractivity contribution in [2.75, 3.05) is 6.54 Å². The maximum Gasteiger partial charge on any atom is 0.243 e. The lowest BCUT2D eigenvalue weighted by Crippen LogP contribution is -2.15. The van der Waals surface area contributed by atoms with Crippen molar-refractivity contribution in [3.63, 3.8) is 0 Å². The Morgan fingerprint density at radius 3 is 3.14 bits per heavy atom. The van der Waals surface area contributed by atoms with Crippen LogP contribution < -0.4 is 5.32 Å². The predicted octanol–water partition coefficient (Wildman–Crippen LogP) is 0.417. The SMILES string of the molecule is CCCc1noc([C@@H]2CC(O)CN2)n1. The summed E-state index contributed by atoms with van der Waals surface area (Å²) in [6, 6.07) is 0.0307. The molecule has 0 bridgehead atoms. The molecular weight excluding hydrogens is 182 g/mol. The van der Waals surface area contributed by atoms with E-state index in [1.165, 1.54) is 0 Å². The molecule has 78 valence electrons. The minimum Gasteiger partial charge on any atom is -0.392 e. The summed E-state index contributed by atoms with van der Waals surface area (Å²) in [6.45, 7) is 2.68. The fourth-order valence-corrected chi connectivity index (χ4v) is 1.64. The normalized spacial score (nSPS) is 27.0. The smallest absolute Gasteiger partial charge is 0.243 e. The molecule has 2 atom stereocenters. The third-order valence-corrected chi connectivity index (χ3v) is 2.36. The standard InChI is InChI=1S/C9H15N3O2/c1-2-3-8-11-9(14-12-8)7-4-6(13)5-10-7/h6-7,10,13H,2-5H2,1H3/t6?,7-/m0/s1. The van der Waals surface area contributed by atoms with E-state index < -0.39 is 0 Å². The monoisotopic (exact) mass is 197 g/mol. The number of aliphatic hydroxyl groups is 1. The summed E-state index contributed by atoms with van der Waals surface area (Å²) in [6.07, 6.45) is 2.23. The van der Waals surface area contributed by atoms with Crippen LogP contribution in [0.5, 0.6) is 0 Å². The van der Waals surface area contributed by atoms with Crippen LogP contribution in [0, 0.1) is 0 Å². The summed E-state index contributed by atoms with van der Waals surface area (Å²) in [4.78, 5) is 4.27. The molecule has 2 rings (SSSR count). The van der Waals surface area contributed by atoms with Gasteiger partial charge in [-0.2, -0.15) is 4.98 Å². The highest BCUT2D eigenvalue weighted by molar-refractivity contribution is 4.97. The van der Waals surface area contributed by atoms with E-state index in [9.17, 15) is 5.11 Å². The zero-order valence-electron chi connectivity index (χ0n) is 8.23. The summed E-state index contributed by atoms with van der Waals surface area (Å²) in [5, 5.41) is 16.3. The summed E-state index contributed by atoms with van der Waals surface area (Å²) in [5.74, 6) is 1.36. The molecule has 5 nitrogen and oxygen atoms in total. The fourth-order valence-electron chi connectivity index (χ4n) is 1.64. The number of aliphatic hydroxyl groups excluding tert-OH is 1. The first-order valence-corrected chi connectivity index (χ1v) is 5.03.